The molecular formula is C8H14N+. The van der Waals surface area contributed by atoms with Crippen molar-refractivity contribution in [3.8, 4) is 0 Å². The normalized spacial score (nSPS) is 47.9. The van der Waals surface area contributed by atoms with Crippen molar-refractivity contribution >= 4 is 0 Å². The first-order valence-electron chi connectivity index (χ1n) is 3.87. The van der Waals surface area contributed by atoms with Crippen LogP contribution in [0.1, 0.15) is 12.8 Å². The Morgan fingerprint density at radius 3 is 2.44 bits per heavy atom. The molecule has 0 radical (unpaired) electrons. The van der Waals surface area contributed by atoms with Gasteiger partial charge in [0.2, 0.25) is 0 Å². The van der Waals surface area contributed by atoms with E-state index in [9.17, 15) is 0 Å². The summed E-state index contributed by atoms with van der Waals surface area (Å²) in [5.74, 6) is 0.912. The first kappa shape index (κ1) is 5.48. The van der Waals surface area contributed by atoms with Crippen LogP contribution >= 0.6 is 0 Å². The largest absolute Gasteiger partial charge is 0.331 e. The molecule has 1 nitrogen and oxygen atoms in total. The highest BCUT2D eigenvalue weighted by Gasteiger charge is 2.29. The van der Waals surface area contributed by atoms with Crippen LogP contribution in [-0.2, 0) is 0 Å². The zero-order valence-corrected chi connectivity index (χ0v) is 5.93. The summed E-state index contributed by atoms with van der Waals surface area (Å²) in [5.41, 5.74) is 0. The Labute approximate surface area is 56.4 Å². The molecule has 3 aliphatic rings. The smallest absolute Gasteiger partial charge is 0.106 e. The fraction of sp³-hybridized carbons (Fsp3) is 0.750. The van der Waals surface area contributed by atoms with Crippen LogP contribution in [0.5, 0.6) is 0 Å². The summed E-state index contributed by atoms with van der Waals surface area (Å²) in [6.07, 6.45) is 7.67. The van der Waals surface area contributed by atoms with Gasteiger partial charge >= 0.3 is 0 Å². The average Bonchev–Trinajstić information content (AvgIpc) is 1.90. The van der Waals surface area contributed by atoms with E-state index < -0.39 is 0 Å². The molecule has 0 aromatic rings. The summed E-state index contributed by atoms with van der Waals surface area (Å²) < 4.78 is 0. The summed E-state index contributed by atoms with van der Waals surface area (Å²) in [6, 6.07) is 0.856. The van der Waals surface area contributed by atoms with E-state index in [0.717, 1.165) is 12.0 Å². The first-order valence-corrected chi connectivity index (χ1v) is 3.87. The van der Waals surface area contributed by atoms with E-state index in [1.54, 1.807) is 4.90 Å². The van der Waals surface area contributed by atoms with Gasteiger partial charge in [-0.25, -0.2) is 0 Å². The van der Waals surface area contributed by atoms with E-state index in [-0.39, 0.29) is 0 Å². The molecule has 1 N–H and O–H groups in total. The molecule has 50 valence electrons. The van der Waals surface area contributed by atoms with Crippen LogP contribution in [0.3, 0.4) is 0 Å². The maximum atomic E-state index is 2.40. The fourth-order valence-corrected chi connectivity index (χ4v) is 2.02. The molecule has 1 aliphatic carbocycles. The van der Waals surface area contributed by atoms with Crippen LogP contribution in [0.25, 0.3) is 0 Å². The maximum absolute atomic E-state index is 2.40. The minimum Gasteiger partial charge on any atom is -0.331 e. The van der Waals surface area contributed by atoms with Crippen molar-refractivity contribution in [2.45, 2.75) is 18.9 Å². The van der Waals surface area contributed by atoms with Gasteiger partial charge in [0, 0.05) is 12.3 Å². The molecule has 9 heavy (non-hydrogen) atoms. The standard InChI is InChI=1S/C8H13N/c1-9-6-7-2-4-8(9)5-3-7/h2,4,7-8H,3,5-6H2,1H3/p+1. The van der Waals surface area contributed by atoms with Crippen LogP contribution in [0.4, 0.5) is 0 Å². The zero-order valence-electron chi connectivity index (χ0n) is 5.93. The van der Waals surface area contributed by atoms with Gasteiger partial charge in [-0.1, -0.05) is 6.08 Å². The summed E-state index contributed by atoms with van der Waals surface area (Å²) in [7, 11) is 2.31. The van der Waals surface area contributed by atoms with Gasteiger partial charge in [-0.15, -0.1) is 0 Å². The second-order valence-electron chi connectivity index (χ2n) is 3.38. The Kier molecular flexibility index (Phi) is 1.12. The molecule has 3 unspecified atom stereocenters. The van der Waals surface area contributed by atoms with Gasteiger partial charge in [-0.3, -0.25) is 0 Å². The minimum atomic E-state index is 0.856. The van der Waals surface area contributed by atoms with Crippen LogP contribution in [-0.4, -0.2) is 19.6 Å². The molecule has 2 bridgehead atoms. The van der Waals surface area contributed by atoms with Crippen molar-refractivity contribution < 1.29 is 4.90 Å². The summed E-state index contributed by atoms with van der Waals surface area (Å²) in [5, 5.41) is 0. The molecule has 2 aliphatic heterocycles. The molecule has 1 heteroatoms. The van der Waals surface area contributed by atoms with Gasteiger partial charge in [-0.2, -0.15) is 0 Å². The Hall–Kier alpha value is -0.300. The molecule has 1 saturated heterocycles. The number of rotatable bonds is 0. The highest BCUT2D eigenvalue weighted by molar-refractivity contribution is 5.01. The molecular weight excluding hydrogens is 110 g/mol. The van der Waals surface area contributed by atoms with Gasteiger partial charge in [0.25, 0.3) is 0 Å². The third kappa shape index (κ3) is 0.799. The zero-order chi connectivity index (χ0) is 6.27. The molecule has 3 atom stereocenters. The van der Waals surface area contributed by atoms with Crippen molar-refractivity contribution in [3.63, 3.8) is 0 Å². The monoisotopic (exact) mass is 124 g/mol. The first-order chi connectivity index (χ1) is 4.36. The van der Waals surface area contributed by atoms with Gasteiger partial charge in [-0.05, 0) is 12.5 Å². The predicted octanol–water partition coefficient (Wildman–Crippen LogP) is -0.150. The third-order valence-corrected chi connectivity index (χ3v) is 2.68. The van der Waals surface area contributed by atoms with Crippen molar-refractivity contribution in [1.29, 1.82) is 0 Å². The van der Waals surface area contributed by atoms with Crippen LogP contribution in [0.2, 0.25) is 0 Å². The van der Waals surface area contributed by atoms with Crippen molar-refractivity contribution in [2.24, 2.45) is 5.92 Å². The molecule has 3 rings (SSSR count). The number of hydrogen-bond donors (Lipinski definition) is 1. The Balaban J connectivity index is 2.20. The quantitative estimate of drug-likeness (QED) is 0.428. The van der Waals surface area contributed by atoms with E-state index >= 15 is 0 Å². The van der Waals surface area contributed by atoms with Crippen LogP contribution in [0, 0.1) is 5.92 Å². The Bertz CT molecular complexity index is 140. The number of fused-ring (bicyclic) bond motifs is 2. The van der Waals surface area contributed by atoms with Crippen molar-refractivity contribution in [2.75, 3.05) is 13.6 Å². The predicted molar refractivity (Wildman–Crippen MR) is 37.4 cm³/mol. The second kappa shape index (κ2) is 1.84. The van der Waals surface area contributed by atoms with Crippen LogP contribution < -0.4 is 4.90 Å². The molecule has 0 amide bonds. The number of nitrogens with one attached hydrogen (secondary N) is 1. The van der Waals surface area contributed by atoms with E-state index in [2.05, 4.69) is 19.2 Å². The van der Waals surface area contributed by atoms with Gasteiger partial charge < -0.3 is 4.90 Å². The second-order valence-corrected chi connectivity index (χ2v) is 3.38. The van der Waals surface area contributed by atoms with Crippen molar-refractivity contribution in [3.05, 3.63) is 12.2 Å². The molecule has 2 heterocycles. The van der Waals surface area contributed by atoms with Gasteiger partial charge in [0.15, 0.2) is 0 Å². The lowest BCUT2D eigenvalue weighted by Gasteiger charge is -2.35. The summed E-state index contributed by atoms with van der Waals surface area (Å²) in [6.45, 7) is 1.38. The average molecular weight is 124 g/mol. The van der Waals surface area contributed by atoms with Gasteiger partial charge in [0.05, 0.1) is 13.6 Å². The van der Waals surface area contributed by atoms with Crippen LogP contribution in [0.15, 0.2) is 12.2 Å². The summed E-state index contributed by atoms with van der Waals surface area (Å²) >= 11 is 0. The topological polar surface area (TPSA) is 4.44 Å². The number of quaternary nitrogens is 1. The van der Waals surface area contributed by atoms with E-state index in [4.69, 9.17) is 0 Å². The highest BCUT2D eigenvalue weighted by atomic mass is 15.1. The molecule has 0 saturated carbocycles. The molecule has 0 aromatic carbocycles. The fourth-order valence-electron chi connectivity index (χ4n) is 2.02. The third-order valence-electron chi connectivity index (χ3n) is 2.68. The highest BCUT2D eigenvalue weighted by Crippen LogP contribution is 2.18. The summed E-state index contributed by atoms with van der Waals surface area (Å²) in [4.78, 5) is 1.72. The van der Waals surface area contributed by atoms with E-state index in [1.807, 2.05) is 0 Å². The lowest BCUT2D eigenvalue weighted by atomic mass is 9.87. The molecule has 0 spiro atoms. The molecule has 1 fully saturated rings. The van der Waals surface area contributed by atoms with E-state index in [0.29, 0.717) is 0 Å². The lowest BCUT2D eigenvalue weighted by molar-refractivity contribution is -0.909. The van der Waals surface area contributed by atoms with E-state index in [1.165, 1.54) is 19.4 Å². The number of likely N-dealkylation sites (N-methyl/N-ethyl adjacent to an activating group) is 1. The molecule has 0 aromatic heterocycles. The lowest BCUT2D eigenvalue weighted by Crippen LogP contribution is -3.15. The Morgan fingerprint density at radius 2 is 2.22 bits per heavy atom. The van der Waals surface area contributed by atoms with Gasteiger partial charge in [0.1, 0.15) is 6.04 Å². The number of hydrogen-bond acceptors (Lipinski definition) is 0. The Morgan fingerprint density at radius 1 is 1.33 bits per heavy atom. The van der Waals surface area contributed by atoms with Crippen molar-refractivity contribution in [1.82, 2.24) is 0 Å². The maximum Gasteiger partial charge on any atom is 0.106 e. The number of piperidine rings is 1. The SMILES string of the molecule is C[NH+]1CC2C=CC1CC2. The minimum absolute atomic E-state index is 0.856.